The van der Waals surface area contributed by atoms with Crippen molar-refractivity contribution in [1.82, 2.24) is 26.3 Å². The summed E-state index contributed by atoms with van der Waals surface area (Å²) in [6.45, 7) is 3.85. The number of hydrogen-bond donors (Lipinski definition) is 10. The topological polar surface area (TPSA) is 297 Å². The van der Waals surface area contributed by atoms with E-state index in [1.54, 1.807) is 36.5 Å². The lowest BCUT2D eigenvalue weighted by molar-refractivity contribution is -0.143. The van der Waals surface area contributed by atoms with Gasteiger partial charge in [-0.15, -0.1) is 0 Å². The van der Waals surface area contributed by atoms with E-state index >= 15 is 0 Å². The number of carboxylic acid groups (broad SMARTS) is 2. The Bertz CT molecular complexity index is 1770. The highest BCUT2D eigenvalue weighted by molar-refractivity contribution is 5.96. The smallest absolute Gasteiger partial charge is 0.326 e. The Morgan fingerprint density at radius 3 is 1.93 bits per heavy atom. The predicted octanol–water partition coefficient (Wildman–Crippen LogP) is 0.269. The standard InChI is InChI=1S/C37H51N9O8/c1-21(2)17-30(36(53)54)46-34(51)28(18-22-9-4-3-5-10-22)44-35(52)29(19-23-20-42-26-13-7-6-11-24(23)26)45-33(50)27(14-15-31(47)48)43-32(49)25(38)12-8-16-41-37(39)40/h3-7,9-11,13,20-21,25,27-30,42H,8,12,14-19,38H2,1-2H3,(H,43,49)(H,44,52)(H,45,50)(H,46,51)(H,47,48)(H,53,54)(H4,39,40,41)/t25-,27-,28-,29-,30-/m0/s1. The first-order chi connectivity index (χ1) is 25.6. The maximum absolute atomic E-state index is 14.2. The number of aliphatic carboxylic acids is 2. The van der Waals surface area contributed by atoms with Crippen LogP contribution >= 0.6 is 0 Å². The van der Waals surface area contributed by atoms with E-state index in [1.165, 1.54) is 0 Å². The molecule has 2 aromatic carbocycles. The van der Waals surface area contributed by atoms with Crippen molar-refractivity contribution in [3.8, 4) is 0 Å². The molecule has 0 fully saturated rings. The molecule has 3 rings (SSSR count). The lowest BCUT2D eigenvalue weighted by Crippen LogP contribution is -2.59. The molecule has 1 aromatic heterocycles. The Balaban J connectivity index is 1.92. The second kappa shape index (κ2) is 20.9. The third-order valence-electron chi connectivity index (χ3n) is 8.55. The maximum atomic E-state index is 14.2. The number of benzene rings is 2. The quantitative estimate of drug-likeness (QED) is 0.0378. The highest BCUT2D eigenvalue weighted by Gasteiger charge is 2.33. The van der Waals surface area contributed by atoms with Crippen molar-refractivity contribution in [1.29, 1.82) is 0 Å². The third kappa shape index (κ3) is 13.9. The van der Waals surface area contributed by atoms with Gasteiger partial charge in [0.15, 0.2) is 5.96 Å². The van der Waals surface area contributed by atoms with Crippen molar-refractivity contribution in [2.45, 2.75) is 89.0 Å². The van der Waals surface area contributed by atoms with Crippen molar-refractivity contribution >= 4 is 52.4 Å². The Morgan fingerprint density at radius 2 is 1.31 bits per heavy atom. The summed E-state index contributed by atoms with van der Waals surface area (Å²) in [5, 5.41) is 30.4. The summed E-state index contributed by atoms with van der Waals surface area (Å²) in [6, 6.07) is 9.81. The van der Waals surface area contributed by atoms with Gasteiger partial charge in [-0.2, -0.15) is 0 Å². The molecule has 0 saturated carbocycles. The highest BCUT2D eigenvalue weighted by atomic mass is 16.4. The fourth-order valence-corrected chi connectivity index (χ4v) is 5.76. The monoisotopic (exact) mass is 749 g/mol. The van der Waals surface area contributed by atoms with Crippen molar-refractivity contribution in [2.75, 3.05) is 6.54 Å². The molecule has 0 aliphatic heterocycles. The fraction of sp³-hybridized carbons (Fsp3) is 0.432. The summed E-state index contributed by atoms with van der Waals surface area (Å²) in [5.41, 5.74) is 18.8. The first-order valence-corrected chi connectivity index (χ1v) is 17.7. The van der Waals surface area contributed by atoms with E-state index in [2.05, 4.69) is 31.2 Å². The Kier molecular flexibility index (Phi) is 16.4. The van der Waals surface area contributed by atoms with Gasteiger partial charge in [0.1, 0.15) is 24.2 Å². The predicted molar refractivity (Wildman–Crippen MR) is 202 cm³/mol. The second-order valence-electron chi connectivity index (χ2n) is 13.5. The summed E-state index contributed by atoms with van der Waals surface area (Å²) in [5.74, 6) is -5.72. The number of aromatic nitrogens is 1. The number of fused-ring (bicyclic) bond motifs is 1. The molecule has 54 heavy (non-hydrogen) atoms. The van der Waals surface area contributed by atoms with Crippen LogP contribution in [0.2, 0.25) is 0 Å². The molecule has 0 bridgehead atoms. The summed E-state index contributed by atoms with van der Waals surface area (Å²) >= 11 is 0. The number of nitrogens with zero attached hydrogens (tertiary/aromatic N) is 1. The molecule has 0 saturated heterocycles. The average Bonchev–Trinajstić information content (AvgIpc) is 3.53. The van der Waals surface area contributed by atoms with Gasteiger partial charge in [-0.25, -0.2) is 4.79 Å². The summed E-state index contributed by atoms with van der Waals surface area (Å²) in [7, 11) is 0. The largest absolute Gasteiger partial charge is 0.481 e. The van der Waals surface area contributed by atoms with Crippen LogP contribution in [0.4, 0.5) is 0 Å². The van der Waals surface area contributed by atoms with Crippen LogP contribution in [0.15, 0.2) is 65.8 Å². The number of para-hydroxylation sites is 1. The number of carbonyl (C=O) groups is 6. The molecule has 292 valence electrons. The van der Waals surface area contributed by atoms with E-state index in [9.17, 15) is 39.0 Å². The number of aliphatic imine (C=N–C) groups is 1. The molecule has 4 amide bonds. The highest BCUT2D eigenvalue weighted by Crippen LogP contribution is 2.20. The third-order valence-corrected chi connectivity index (χ3v) is 8.55. The molecule has 0 aliphatic carbocycles. The van der Waals surface area contributed by atoms with Gasteiger partial charge in [0, 0.05) is 42.9 Å². The zero-order valence-corrected chi connectivity index (χ0v) is 30.4. The maximum Gasteiger partial charge on any atom is 0.326 e. The molecule has 0 unspecified atom stereocenters. The number of carbonyl (C=O) groups excluding carboxylic acids is 4. The van der Waals surface area contributed by atoms with Crippen LogP contribution in [0.3, 0.4) is 0 Å². The Hall–Kier alpha value is -5.97. The van der Waals surface area contributed by atoms with Crippen LogP contribution in [-0.4, -0.2) is 93.5 Å². The minimum atomic E-state index is -1.40. The number of amides is 4. The van der Waals surface area contributed by atoms with Crippen molar-refractivity contribution in [3.63, 3.8) is 0 Å². The normalized spacial score (nSPS) is 13.9. The number of carboxylic acids is 2. The first kappa shape index (κ1) is 42.4. The van der Waals surface area contributed by atoms with Gasteiger partial charge in [0.05, 0.1) is 6.04 Å². The van der Waals surface area contributed by atoms with Crippen molar-refractivity contribution in [3.05, 3.63) is 71.9 Å². The number of guanidine groups is 1. The molecule has 0 spiro atoms. The van der Waals surface area contributed by atoms with Crippen LogP contribution in [-0.2, 0) is 41.6 Å². The van der Waals surface area contributed by atoms with E-state index in [0.717, 1.165) is 10.9 Å². The SMILES string of the molecule is CC(C)C[C@H](NC(=O)[C@H](Cc1ccccc1)NC(=O)[C@H](Cc1c[nH]c2ccccc12)NC(=O)[C@H](CCC(=O)O)NC(=O)[C@@H](N)CCCN=C(N)N)C(=O)O. The fourth-order valence-electron chi connectivity index (χ4n) is 5.76. The van der Waals surface area contributed by atoms with Crippen LogP contribution in [0, 0.1) is 5.92 Å². The summed E-state index contributed by atoms with van der Waals surface area (Å²) in [4.78, 5) is 85.2. The molecule has 3 aromatic rings. The Morgan fingerprint density at radius 1 is 0.741 bits per heavy atom. The van der Waals surface area contributed by atoms with Gasteiger partial charge in [-0.1, -0.05) is 62.4 Å². The van der Waals surface area contributed by atoms with E-state index in [0.29, 0.717) is 17.5 Å². The van der Waals surface area contributed by atoms with Gasteiger partial charge in [0.2, 0.25) is 23.6 Å². The number of hydrogen-bond acceptors (Lipinski definition) is 8. The van der Waals surface area contributed by atoms with Gasteiger partial charge < -0.3 is 53.7 Å². The molecule has 17 nitrogen and oxygen atoms in total. The lowest BCUT2D eigenvalue weighted by atomic mass is 10.00. The molecule has 0 aliphatic rings. The minimum Gasteiger partial charge on any atom is -0.481 e. The number of nitrogens with one attached hydrogen (secondary N) is 5. The van der Waals surface area contributed by atoms with E-state index < -0.39 is 72.2 Å². The van der Waals surface area contributed by atoms with Crippen LogP contribution in [0.5, 0.6) is 0 Å². The molecule has 13 N–H and O–H groups in total. The molecule has 0 radical (unpaired) electrons. The number of nitrogens with two attached hydrogens (primary N) is 3. The molecule has 5 atom stereocenters. The number of aromatic amines is 1. The van der Waals surface area contributed by atoms with Gasteiger partial charge in [-0.3, -0.25) is 29.0 Å². The molecule has 1 heterocycles. The summed E-state index contributed by atoms with van der Waals surface area (Å²) in [6.07, 6.45) is 1.46. The Labute approximate surface area is 312 Å². The zero-order chi connectivity index (χ0) is 39.8. The van der Waals surface area contributed by atoms with E-state index in [1.807, 2.05) is 38.1 Å². The van der Waals surface area contributed by atoms with Gasteiger partial charge in [-0.05, 0) is 48.8 Å². The van der Waals surface area contributed by atoms with E-state index in [-0.39, 0.29) is 50.5 Å². The number of H-pyrrole nitrogens is 1. The average molecular weight is 750 g/mol. The first-order valence-electron chi connectivity index (χ1n) is 17.7. The van der Waals surface area contributed by atoms with Crippen molar-refractivity contribution in [2.24, 2.45) is 28.1 Å². The second-order valence-corrected chi connectivity index (χ2v) is 13.5. The minimum absolute atomic E-state index is 0.00144. The van der Waals surface area contributed by atoms with Gasteiger partial charge >= 0.3 is 11.9 Å². The van der Waals surface area contributed by atoms with Crippen LogP contribution < -0.4 is 38.5 Å². The van der Waals surface area contributed by atoms with Gasteiger partial charge in [0.25, 0.3) is 0 Å². The lowest BCUT2D eigenvalue weighted by Gasteiger charge is -2.27. The molecular formula is C37H51N9O8. The zero-order valence-electron chi connectivity index (χ0n) is 30.4. The van der Waals surface area contributed by atoms with Crippen molar-refractivity contribution < 1.29 is 39.0 Å². The van der Waals surface area contributed by atoms with Crippen LogP contribution in [0.1, 0.15) is 57.1 Å². The summed E-state index contributed by atoms with van der Waals surface area (Å²) < 4.78 is 0. The number of rotatable bonds is 22. The van der Waals surface area contributed by atoms with E-state index in [4.69, 9.17) is 17.2 Å². The molecular weight excluding hydrogens is 698 g/mol. The van der Waals surface area contributed by atoms with Crippen LogP contribution in [0.25, 0.3) is 10.9 Å². The molecule has 17 heteroatoms.